The van der Waals surface area contributed by atoms with Gasteiger partial charge in [0.15, 0.2) is 24.1 Å². The van der Waals surface area contributed by atoms with E-state index in [0.717, 1.165) is 6.42 Å². The fourth-order valence-corrected chi connectivity index (χ4v) is 2.15. The smallest absolute Gasteiger partial charge is 0.197 e. The van der Waals surface area contributed by atoms with Crippen molar-refractivity contribution in [3.8, 4) is 11.5 Å². The van der Waals surface area contributed by atoms with Gasteiger partial charge in [-0.05, 0) is 57.7 Å². The fraction of sp³-hybridized carbons (Fsp3) is 0.667. The third kappa shape index (κ3) is 5.85. The summed E-state index contributed by atoms with van der Waals surface area (Å²) in [6.45, 7) is 13.3. The summed E-state index contributed by atoms with van der Waals surface area (Å²) < 4.78 is 22.6. The Balaban J connectivity index is 2.97. The van der Waals surface area contributed by atoms with Crippen LogP contribution in [0.4, 0.5) is 0 Å². The first kappa shape index (κ1) is 18.8. The Morgan fingerprint density at radius 3 is 1.86 bits per heavy atom. The topological polar surface area (TPSA) is 36.9 Å². The predicted octanol–water partition coefficient (Wildman–Crippen LogP) is 4.72. The minimum atomic E-state index is -0.318. The Morgan fingerprint density at radius 2 is 1.36 bits per heavy atom. The molecule has 3 atom stereocenters. The first-order chi connectivity index (χ1) is 10.5. The van der Waals surface area contributed by atoms with Gasteiger partial charge in [-0.25, -0.2) is 0 Å². The lowest BCUT2D eigenvalue weighted by atomic mass is 9.98. The van der Waals surface area contributed by atoms with Gasteiger partial charge in [0.1, 0.15) is 0 Å². The Labute approximate surface area is 134 Å². The van der Waals surface area contributed by atoms with Gasteiger partial charge < -0.3 is 18.9 Å². The molecule has 0 aromatic heterocycles. The van der Waals surface area contributed by atoms with E-state index in [1.54, 1.807) is 0 Å². The molecular weight excluding hydrogens is 280 g/mol. The first-order valence-electron chi connectivity index (χ1n) is 8.22. The van der Waals surface area contributed by atoms with Crippen molar-refractivity contribution in [2.45, 2.75) is 66.5 Å². The molecule has 0 saturated heterocycles. The van der Waals surface area contributed by atoms with Crippen LogP contribution in [0.25, 0.3) is 0 Å². The lowest BCUT2D eigenvalue weighted by Gasteiger charge is -2.21. The summed E-state index contributed by atoms with van der Waals surface area (Å²) in [6.07, 6.45) is 0.446. The molecule has 0 aliphatic rings. The van der Waals surface area contributed by atoms with Gasteiger partial charge in [-0.3, -0.25) is 0 Å². The van der Waals surface area contributed by atoms with Crippen molar-refractivity contribution in [1.29, 1.82) is 0 Å². The lowest BCUT2D eigenvalue weighted by molar-refractivity contribution is -0.0766. The van der Waals surface area contributed by atoms with Gasteiger partial charge in [0.2, 0.25) is 0 Å². The number of hydrogen-bond donors (Lipinski definition) is 0. The van der Waals surface area contributed by atoms with E-state index >= 15 is 0 Å². The maximum Gasteiger partial charge on any atom is 0.197 e. The molecule has 1 rings (SSSR count). The number of benzene rings is 1. The highest BCUT2D eigenvalue weighted by molar-refractivity contribution is 5.44. The number of rotatable bonds is 10. The van der Waals surface area contributed by atoms with E-state index in [0.29, 0.717) is 30.6 Å². The Bertz CT molecular complexity index is 433. The second-order valence-electron chi connectivity index (χ2n) is 5.30. The van der Waals surface area contributed by atoms with E-state index in [1.807, 2.05) is 39.8 Å². The summed E-state index contributed by atoms with van der Waals surface area (Å²) in [6, 6.07) is 6.07. The molecule has 0 fully saturated rings. The molecule has 22 heavy (non-hydrogen) atoms. The van der Waals surface area contributed by atoms with Gasteiger partial charge in [-0.2, -0.15) is 0 Å². The van der Waals surface area contributed by atoms with Crippen LogP contribution in [0.5, 0.6) is 11.5 Å². The van der Waals surface area contributed by atoms with E-state index in [2.05, 4.69) is 19.9 Å². The normalized spacial score (nSPS) is 15.2. The standard InChI is InChI=1S/C18H30O4/c1-7-13(4)16-10-11-17(21-14(5)19-8-2)18(12-16)22-15(6)20-9-3/h10-15H,7-9H2,1-6H3. The average Bonchev–Trinajstić information content (AvgIpc) is 2.48. The molecule has 0 saturated carbocycles. The Kier molecular flexibility index (Phi) is 8.28. The first-order valence-corrected chi connectivity index (χ1v) is 8.22. The molecule has 0 spiro atoms. The highest BCUT2D eigenvalue weighted by atomic mass is 16.7. The molecule has 1 aromatic rings. The summed E-state index contributed by atoms with van der Waals surface area (Å²) in [5.41, 5.74) is 1.23. The predicted molar refractivity (Wildman–Crippen MR) is 88.6 cm³/mol. The van der Waals surface area contributed by atoms with Crippen molar-refractivity contribution in [3.63, 3.8) is 0 Å². The molecule has 0 heterocycles. The SMILES string of the molecule is CCOC(C)Oc1ccc(C(C)CC)cc1OC(C)OCC. The monoisotopic (exact) mass is 310 g/mol. The van der Waals surface area contributed by atoms with Crippen LogP contribution < -0.4 is 9.47 Å². The molecule has 4 heteroatoms. The third-order valence-corrected chi connectivity index (χ3v) is 3.54. The average molecular weight is 310 g/mol. The van der Waals surface area contributed by atoms with Crippen LogP contribution in [0.2, 0.25) is 0 Å². The fourth-order valence-electron chi connectivity index (χ4n) is 2.15. The summed E-state index contributed by atoms with van der Waals surface area (Å²) in [4.78, 5) is 0. The summed E-state index contributed by atoms with van der Waals surface area (Å²) in [7, 11) is 0. The molecule has 3 unspecified atom stereocenters. The van der Waals surface area contributed by atoms with Gasteiger partial charge in [0, 0.05) is 13.2 Å². The summed E-state index contributed by atoms with van der Waals surface area (Å²) in [5.74, 6) is 1.85. The van der Waals surface area contributed by atoms with Gasteiger partial charge in [0.25, 0.3) is 0 Å². The maximum atomic E-state index is 5.90. The van der Waals surface area contributed by atoms with Crippen molar-refractivity contribution in [2.75, 3.05) is 13.2 Å². The lowest BCUT2D eigenvalue weighted by Crippen LogP contribution is -2.19. The van der Waals surface area contributed by atoms with Crippen molar-refractivity contribution in [2.24, 2.45) is 0 Å². The Hall–Kier alpha value is -1.26. The molecule has 4 nitrogen and oxygen atoms in total. The maximum absolute atomic E-state index is 5.90. The minimum absolute atomic E-state index is 0.316. The molecule has 0 aliphatic carbocycles. The van der Waals surface area contributed by atoms with Crippen LogP contribution in [0.15, 0.2) is 18.2 Å². The molecule has 0 aliphatic heterocycles. The van der Waals surface area contributed by atoms with E-state index in [1.165, 1.54) is 5.56 Å². The van der Waals surface area contributed by atoms with Crippen molar-refractivity contribution < 1.29 is 18.9 Å². The quantitative estimate of drug-likeness (QED) is 0.586. The van der Waals surface area contributed by atoms with Gasteiger partial charge in [-0.15, -0.1) is 0 Å². The zero-order valence-corrected chi connectivity index (χ0v) is 14.7. The molecule has 126 valence electrons. The van der Waals surface area contributed by atoms with Crippen molar-refractivity contribution >= 4 is 0 Å². The second kappa shape index (κ2) is 9.70. The highest BCUT2D eigenvalue weighted by Crippen LogP contribution is 2.33. The van der Waals surface area contributed by atoms with Gasteiger partial charge >= 0.3 is 0 Å². The molecule has 0 amide bonds. The molecule has 0 N–H and O–H groups in total. The summed E-state index contributed by atoms with van der Waals surface area (Å²) in [5, 5.41) is 0. The number of ether oxygens (including phenoxy) is 4. The van der Waals surface area contributed by atoms with Crippen LogP contribution in [-0.2, 0) is 9.47 Å². The molecule has 0 bridgehead atoms. The third-order valence-electron chi connectivity index (χ3n) is 3.54. The van der Waals surface area contributed by atoms with Crippen LogP contribution in [0.3, 0.4) is 0 Å². The van der Waals surface area contributed by atoms with E-state index in [9.17, 15) is 0 Å². The van der Waals surface area contributed by atoms with E-state index < -0.39 is 0 Å². The molecule has 0 radical (unpaired) electrons. The van der Waals surface area contributed by atoms with Crippen LogP contribution in [0.1, 0.15) is 59.4 Å². The second-order valence-corrected chi connectivity index (χ2v) is 5.30. The largest absolute Gasteiger partial charge is 0.461 e. The zero-order chi connectivity index (χ0) is 16.5. The van der Waals surface area contributed by atoms with E-state index in [4.69, 9.17) is 18.9 Å². The van der Waals surface area contributed by atoms with E-state index in [-0.39, 0.29) is 12.6 Å². The Morgan fingerprint density at radius 1 is 0.818 bits per heavy atom. The summed E-state index contributed by atoms with van der Waals surface area (Å²) >= 11 is 0. The number of hydrogen-bond acceptors (Lipinski definition) is 4. The van der Waals surface area contributed by atoms with Crippen LogP contribution in [-0.4, -0.2) is 25.8 Å². The zero-order valence-electron chi connectivity index (χ0n) is 14.7. The van der Waals surface area contributed by atoms with Crippen molar-refractivity contribution in [1.82, 2.24) is 0 Å². The van der Waals surface area contributed by atoms with Crippen LogP contribution >= 0.6 is 0 Å². The van der Waals surface area contributed by atoms with Gasteiger partial charge in [-0.1, -0.05) is 19.9 Å². The molecular formula is C18H30O4. The minimum Gasteiger partial charge on any atom is -0.461 e. The van der Waals surface area contributed by atoms with Crippen molar-refractivity contribution in [3.05, 3.63) is 23.8 Å². The van der Waals surface area contributed by atoms with Crippen LogP contribution in [0, 0.1) is 0 Å². The molecule has 1 aromatic carbocycles. The van der Waals surface area contributed by atoms with Gasteiger partial charge in [0.05, 0.1) is 0 Å². The highest BCUT2D eigenvalue weighted by Gasteiger charge is 2.15.